The van der Waals surface area contributed by atoms with Crippen molar-refractivity contribution in [2.45, 2.75) is 44.2 Å². The van der Waals surface area contributed by atoms with Gasteiger partial charge in [-0.3, -0.25) is 0 Å². The second kappa shape index (κ2) is 2.90. The molecule has 76 valence electrons. The summed E-state index contributed by atoms with van der Waals surface area (Å²) in [5.74, 6) is -0.750. The molecule has 0 aromatic rings. The number of hydrogen-bond donors (Lipinski definition) is 2. The lowest BCUT2D eigenvalue weighted by molar-refractivity contribution is -0.217. The lowest BCUT2D eigenvalue weighted by Gasteiger charge is -2.31. The lowest BCUT2D eigenvalue weighted by Crippen LogP contribution is -2.51. The summed E-state index contributed by atoms with van der Waals surface area (Å²) in [5, 5.41) is 18.8. The molecule has 2 N–H and O–H groups in total. The van der Waals surface area contributed by atoms with Gasteiger partial charge >= 0.3 is 0 Å². The Bertz CT molecular complexity index is 205. The van der Waals surface area contributed by atoms with Crippen LogP contribution in [0.4, 0.5) is 0 Å². The molecule has 4 unspecified atom stereocenters. The van der Waals surface area contributed by atoms with E-state index >= 15 is 0 Å². The number of aliphatic hydroxyl groups excluding tert-OH is 2. The van der Waals surface area contributed by atoms with E-state index in [-0.39, 0.29) is 6.61 Å². The predicted molar refractivity (Wildman–Crippen MR) is 41.8 cm³/mol. The van der Waals surface area contributed by atoms with Gasteiger partial charge in [0, 0.05) is 0 Å². The van der Waals surface area contributed by atoms with Gasteiger partial charge < -0.3 is 24.4 Å². The monoisotopic (exact) mass is 190 g/mol. The predicted octanol–water partition coefficient (Wildman–Crippen LogP) is -0.784. The fourth-order valence-electron chi connectivity index (χ4n) is 1.63. The third-order valence-corrected chi connectivity index (χ3v) is 2.25. The number of aliphatic hydroxyl groups is 2. The van der Waals surface area contributed by atoms with Crippen LogP contribution in [0.25, 0.3) is 0 Å². The summed E-state index contributed by atoms with van der Waals surface area (Å²) in [5.41, 5.74) is 0. The Labute approximate surface area is 76.2 Å². The van der Waals surface area contributed by atoms with E-state index in [1.165, 1.54) is 0 Å². The highest BCUT2D eigenvalue weighted by atomic mass is 16.8. The minimum Gasteiger partial charge on any atom is -0.388 e. The van der Waals surface area contributed by atoms with Gasteiger partial charge in [0.2, 0.25) is 0 Å². The molecule has 0 radical (unpaired) electrons. The fourth-order valence-corrected chi connectivity index (χ4v) is 1.63. The molecule has 0 amide bonds. The Morgan fingerprint density at radius 2 is 1.92 bits per heavy atom. The van der Waals surface area contributed by atoms with E-state index < -0.39 is 30.4 Å². The zero-order chi connectivity index (χ0) is 9.64. The van der Waals surface area contributed by atoms with Crippen LogP contribution in [0.3, 0.4) is 0 Å². The van der Waals surface area contributed by atoms with Crippen LogP contribution >= 0.6 is 0 Å². The molecule has 5 nitrogen and oxygen atoms in total. The van der Waals surface area contributed by atoms with Crippen molar-refractivity contribution < 1.29 is 24.4 Å². The number of hydrogen-bond acceptors (Lipinski definition) is 5. The van der Waals surface area contributed by atoms with Gasteiger partial charge in [0.1, 0.15) is 18.3 Å². The normalized spacial score (nSPS) is 48.9. The Hall–Kier alpha value is -0.200. The molecule has 2 fully saturated rings. The van der Waals surface area contributed by atoms with Gasteiger partial charge in [-0.1, -0.05) is 0 Å². The van der Waals surface area contributed by atoms with Crippen LogP contribution in [0.5, 0.6) is 0 Å². The van der Waals surface area contributed by atoms with E-state index in [0.29, 0.717) is 0 Å². The summed E-state index contributed by atoms with van der Waals surface area (Å²) in [6, 6.07) is 0. The summed E-state index contributed by atoms with van der Waals surface area (Å²) in [7, 11) is 0. The Morgan fingerprint density at radius 3 is 2.62 bits per heavy atom. The van der Waals surface area contributed by atoms with Crippen molar-refractivity contribution in [2.24, 2.45) is 0 Å². The molecule has 4 atom stereocenters. The van der Waals surface area contributed by atoms with Gasteiger partial charge in [-0.15, -0.1) is 0 Å². The van der Waals surface area contributed by atoms with Crippen LogP contribution in [0.15, 0.2) is 0 Å². The summed E-state index contributed by atoms with van der Waals surface area (Å²) >= 11 is 0. The van der Waals surface area contributed by atoms with Crippen LogP contribution in [-0.4, -0.2) is 47.2 Å². The van der Waals surface area contributed by atoms with Gasteiger partial charge in [-0.2, -0.15) is 0 Å². The maximum Gasteiger partial charge on any atom is 0.189 e. The van der Waals surface area contributed by atoms with E-state index in [0.717, 1.165) is 0 Å². The van der Waals surface area contributed by atoms with Crippen LogP contribution < -0.4 is 0 Å². The first-order valence-corrected chi connectivity index (χ1v) is 4.33. The van der Waals surface area contributed by atoms with Crippen molar-refractivity contribution in [1.29, 1.82) is 0 Å². The van der Waals surface area contributed by atoms with Crippen molar-refractivity contribution in [3.8, 4) is 0 Å². The molecular formula is C8H14O5. The summed E-state index contributed by atoms with van der Waals surface area (Å²) in [6.07, 6.45) is -2.97. The van der Waals surface area contributed by atoms with Crippen molar-refractivity contribution in [3.63, 3.8) is 0 Å². The van der Waals surface area contributed by atoms with Crippen molar-refractivity contribution in [2.75, 3.05) is 6.61 Å². The summed E-state index contributed by atoms with van der Waals surface area (Å²) in [4.78, 5) is 0. The van der Waals surface area contributed by atoms with Crippen LogP contribution in [0.1, 0.15) is 13.8 Å². The Balaban J connectivity index is 2.11. The molecular weight excluding hydrogens is 176 g/mol. The molecule has 0 aromatic heterocycles. The van der Waals surface area contributed by atoms with Crippen LogP contribution in [-0.2, 0) is 14.2 Å². The van der Waals surface area contributed by atoms with E-state index in [9.17, 15) is 10.2 Å². The third-order valence-electron chi connectivity index (χ3n) is 2.25. The molecule has 0 saturated carbocycles. The zero-order valence-corrected chi connectivity index (χ0v) is 7.64. The van der Waals surface area contributed by atoms with Crippen molar-refractivity contribution in [3.05, 3.63) is 0 Å². The molecule has 0 aromatic carbocycles. The molecule has 2 aliphatic rings. The summed E-state index contributed by atoms with van der Waals surface area (Å²) < 4.78 is 15.9. The molecule has 2 aliphatic heterocycles. The second-order valence-corrected chi connectivity index (χ2v) is 3.86. The molecule has 0 aliphatic carbocycles. The maximum atomic E-state index is 9.55. The first-order valence-electron chi connectivity index (χ1n) is 4.33. The molecule has 2 heterocycles. The minimum atomic E-state index is -0.930. The first kappa shape index (κ1) is 9.36. The number of fused-ring (bicyclic) bond motifs is 1. The average Bonchev–Trinajstić information content (AvgIpc) is 2.34. The zero-order valence-electron chi connectivity index (χ0n) is 7.64. The van der Waals surface area contributed by atoms with E-state index in [1.807, 2.05) is 0 Å². The smallest absolute Gasteiger partial charge is 0.189 e. The topological polar surface area (TPSA) is 68.2 Å². The Morgan fingerprint density at radius 1 is 1.23 bits per heavy atom. The largest absolute Gasteiger partial charge is 0.388 e. The van der Waals surface area contributed by atoms with Crippen LogP contribution in [0, 0.1) is 0 Å². The molecule has 2 rings (SSSR count). The van der Waals surface area contributed by atoms with E-state index in [2.05, 4.69) is 0 Å². The molecule has 2 saturated heterocycles. The molecule has 0 spiro atoms. The maximum absolute atomic E-state index is 9.55. The first-order chi connectivity index (χ1) is 5.99. The van der Waals surface area contributed by atoms with Crippen LogP contribution in [0.2, 0.25) is 0 Å². The molecule has 5 heteroatoms. The standard InChI is InChI=1S/C8H14O5/c1-8(2)12-6-5(10)4(9)3-11-7(6)13-8/h4-7,9-10H,3H2,1-2H3. The fraction of sp³-hybridized carbons (Fsp3) is 1.00. The average molecular weight is 190 g/mol. The SMILES string of the molecule is CC1(C)OC2OCC(O)C(O)C2O1. The Kier molecular flexibility index (Phi) is 2.08. The molecule has 13 heavy (non-hydrogen) atoms. The highest BCUT2D eigenvalue weighted by molar-refractivity contribution is 4.89. The lowest BCUT2D eigenvalue weighted by atomic mass is 10.1. The van der Waals surface area contributed by atoms with Gasteiger partial charge in [-0.05, 0) is 13.8 Å². The van der Waals surface area contributed by atoms with Gasteiger partial charge in [-0.25, -0.2) is 0 Å². The van der Waals surface area contributed by atoms with Crippen molar-refractivity contribution >= 4 is 0 Å². The molecule has 0 bridgehead atoms. The quantitative estimate of drug-likeness (QED) is 0.524. The number of rotatable bonds is 0. The second-order valence-electron chi connectivity index (χ2n) is 3.86. The van der Waals surface area contributed by atoms with E-state index in [1.54, 1.807) is 13.8 Å². The van der Waals surface area contributed by atoms with Gasteiger partial charge in [0.05, 0.1) is 6.61 Å². The summed E-state index contributed by atoms with van der Waals surface area (Å²) in [6.45, 7) is 3.57. The highest BCUT2D eigenvalue weighted by Crippen LogP contribution is 2.33. The van der Waals surface area contributed by atoms with Crippen molar-refractivity contribution in [1.82, 2.24) is 0 Å². The highest BCUT2D eigenvalue weighted by Gasteiger charge is 2.50. The number of ether oxygens (including phenoxy) is 3. The minimum absolute atomic E-state index is 0.0851. The van der Waals surface area contributed by atoms with Gasteiger partial charge in [0.15, 0.2) is 12.1 Å². The van der Waals surface area contributed by atoms with E-state index in [4.69, 9.17) is 14.2 Å². The van der Waals surface area contributed by atoms with Gasteiger partial charge in [0.25, 0.3) is 0 Å². The third kappa shape index (κ3) is 1.58.